The van der Waals surface area contributed by atoms with E-state index in [0.717, 1.165) is 5.92 Å². The fraction of sp³-hybridized carbons (Fsp3) is 0.200. The number of nitriles is 1. The molecule has 0 fully saturated rings. The number of hydrogen-bond donors (Lipinski definition) is 0. The third kappa shape index (κ3) is 1.62. The van der Waals surface area contributed by atoms with Gasteiger partial charge in [-0.25, -0.2) is 4.39 Å². The molecule has 0 spiro atoms. The van der Waals surface area contributed by atoms with Crippen molar-refractivity contribution in [3.05, 3.63) is 41.1 Å². The molecule has 1 aromatic rings. The lowest BCUT2D eigenvalue weighted by Crippen LogP contribution is -1.94. The van der Waals surface area contributed by atoms with Gasteiger partial charge < -0.3 is 0 Å². The Hall–Kier alpha value is -1.36. The van der Waals surface area contributed by atoms with Crippen LogP contribution in [-0.4, -0.2) is 0 Å². The van der Waals surface area contributed by atoms with Crippen molar-refractivity contribution in [3.63, 3.8) is 0 Å². The zero-order valence-electron chi connectivity index (χ0n) is 7.06. The summed E-state index contributed by atoms with van der Waals surface area (Å²) in [6, 6.07) is 6.32. The van der Waals surface area contributed by atoms with Gasteiger partial charge in [-0.3, -0.25) is 0 Å². The maximum atomic E-state index is 13.0. The zero-order valence-corrected chi connectivity index (χ0v) is 7.06. The molecule has 12 heavy (non-hydrogen) atoms. The summed E-state index contributed by atoms with van der Waals surface area (Å²) in [5.41, 5.74) is 1.02. The maximum absolute atomic E-state index is 13.0. The van der Waals surface area contributed by atoms with Crippen LogP contribution in [0.25, 0.3) is 0 Å². The molecule has 1 aromatic carbocycles. The second-order valence-electron chi connectivity index (χ2n) is 2.81. The summed E-state index contributed by atoms with van der Waals surface area (Å²) in [5, 5.41) is 8.55. The SMILES string of the molecule is C[C](C)c1cc(C#N)ccc1F. The van der Waals surface area contributed by atoms with Gasteiger partial charge in [0, 0.05) is 5.92 Å². The van der Waals surface area contributed by atoms with Gasteiger partial charge in [0.25, 0.3) is 0 Å². The Labute approximate surface area is 71.4 Å². The molecule has 0 bridgehead atoms. The van der Waals surface area contributed by atoms with E-state index in [1.165, 1.54) is 12.1 Å². The Kier molecular flexibility index (Phi) is 2.44. The molecular weight excluding hydrogens is 153 g/mol. The van der Waals surface area contributed by atoms with E-state index in [4.69, 9.17) is 5.26 Å². The highest BCUT2D eigenvalue weighted by Crippen LogP contribution is 2.18. The number of halogens is 1. The number of nitrogens with zero attached hydrogens (tertiary/aromatic N) is 1. The summed E-state index contributed by atoms with van der Waals surface area (Å²) in [7, 11) is 0. The van der Waals surface area contributed by atoms with Crippen LogP contribution < -0.4 is 0 Å². The fourth-order valence-electron chi connectivity index (χ4n) is 0.978. The van der Waals surface area contributed by atoms with Gasteiger partial charge >= 0.3 is 0 Å². The van der Waals surface area contributed by atoms with Gasteiger partial charge in [0.05, 0.1) is 11.6 Å². The molecule has 0 unspecified atom stereocenters. The summed E-state index contributed by atoms with van der Waals surface area (Å²) < 4.78 is 13.0. The predicted octanol–water partition coefficient (Wildman–Crippen LogP) is 2.66. The van der Waals surface area contributed by atoms with Crippen molar-refractivity contribution in [3.8, 4) is 6.07 Å². The van der Waals surface area contributed by atoms with Crippen molar-refractivity contribution in [2.24, 2.45) is 0 Å². The van der Waals surface area contributed by atoms with Crippen molar-refractivity contribution >= 4 is 0 Å². The summed E-state index contributed by atoms with van der Waals surface area (Å²) in [5.74, 6) is 0.610. The molecule has 0 N–H and O–H groups in total. The monoisotopic (exact) mass is 162 g/mol. The number of hydrogen-bond acceptors (Lipinski definition) is 1. The van der Waals surface area contributed by atoms with E-state index in [0.29, 0.717) is 11.1 Å². The van der Waals surface area contributed by atoms with Gasteiger partial charge in [0.2, 0.25) is 0 Å². The average Bonchev–Trinajstić information content (AvgIpc) is 2.05. The molecule has 0 aromatic heterocycles. The molecule has 1 rings (SSSR count). The molecule has 0 heterocycles. The lowest BCUT2D eigenvalue weighted by molar-refractivity contribution is 0.615. The molecule has 61 valence electrons. The summed E-state index contributed by atoms with van der Waals surface area (Å²) >= 11 is 0. The Morgan fingerprint density at radius 2 is 2.08 bits per heavy atom. The highest BCUT2D eigenvalue weighted by atomic mass is 19.1. The molecule has 0 aliphatic carbocycles. The van der Waals surface area contributed by atoms with Gasteiger partial charge in [-0.1, -0.05) is 13.8 Å². The lowest BCUT2D eigenvalue weighted by Gasteiger charge is -2.05. The zero-order chi connectivity index (χ0) is 9.14. The van der Waals surface area contributed by atoms with Crippen molar-refractivity contribution in [1.29, 1.82) is 5.26 Å². The average molecular weight is 162 g/mol. The summed E-state index contributed by atoms with van der Waals surface area (Å²) in [6.45, 7) is 3.64. The van der Waals surface area contributed by atoms with E-state index < -0.39 is 0 Å². The van der Waals surface area contributed by atoms with E-state index in [1.807, 2.05) is 19.9 Å². The molecule has 0 amide bonds. The van der Waals surface area contributed by atoms with Crippen molar-refractivity contribution in [2.45, 2.75) is 13.8 Å². The Bertz CT molecular complexity index is 323. The molecule has 1 radical (unpaired) electrons. The molecule has 0 aliphatic rings. The van der Waals surface area contributed by atoms with Crippen LogP contribution in [0.4, 0.5) is 4.39 Å². The van der Waals surface area contributed by atoms with E-state index in [-0.39, 0.29) is 5.82 Å². The Morgan fingerprint density at radius 1 is 1.42 bits per heavy atom. The molecular formula is C10H9FN. The largest absolute Gasteiger partial charge is 0.207 e. The fourth-order valence-corrected chi connectivity index (χ4v) is 0.978. The Balaban J connectivity index is 3.19. The topological polar surface area (TPSA) is 23.8 Å². The second kappa shape index (κ2) is 3.36. The molecule has 1 nitrogen and oxygen atoms in total. The first-order chi connectivity index (χ1) is 5.65. The first-order valence-corrected chi connectivity index (χ1v) is 3.65. The minimum Gasteiger partial charge on any atom is -0.207 e. The van der Waals surface area contributed by atoms with Gasteiger partial charge in [0.15, 0.2) is 0 Å². The van der Waals surface area contributed by atoms with Gasteiger partial charge in [0.1, 0.15) is 5.82 Å². The molecule has 0 saturated heterocycles. The second-order valence-corrected chi connectivity index (χ2v) is 2.81. The highest BCUT2D eigenvalue weighted by molar-refractivity contribution is 5.39. The third-order valence-electron chi connectivity index (χ3n) is 1.63. The van der Waals surface area contributed by atoms with Crippen molar-refractivity contribution in [1.82, 2.24) is 0 Å². The van der Waals surface area contributed by atoms with Gasteiger partial charge in [-0.15, -0.1) is 0 Å². The standard InChI is InChI=1S/C10H9FN/c1-7(2)9-5-8(6-12)3-4-10(9)11/h3-5H,1-2H3. The minimum atomic E-state index is -0.269. The summed E-state index contributed by atoms with van der Waals surface area (Å²) in [4.78, 5) is 0. The molecule has 0 saturated carbocycles. The van der Waals surface area contributed by atoms with Crippen LogP contribution in [0.3, 0.4) is 0 Å². The third-order valence-corrected chi connectivity index (χ3v) is 1.63. The maximum Gasteiger partial charge on any atom is 0.127 e. The highest BCUT2D eigenvalue weighted by Gasteiger charge is 2.06. The van der Waals surface area contributed by atoms with Crippen LogP contribution in [0.5, 0.6) is 0 Å². The van der Waals surface area contributed by atoms with E-state index in [1.54, 1.807) is 6.07 Å². The van der Waals surface area contributed by atoms with Crippen LogP contribution in [0, 0.1) is 23.1 Å². The van der Waals surface area contributed by atoms with Crippen LogP contribution in [0.1, 0.15) is 25.0 Å². The van der Waals surface area contributed by atoms with Gasteiger partial charge in [-0.05, 0) is 23.8 Å². The van der Waals surface area contributed by atoms with E-state index in [2.05, 4.69) is 0 Å². The predicted molar refractivity (Wildman–Crippen MR) is 44.8 cm³/mol. The van der Waals surface area contributed by atoms with E-state index in [9.17, 15) is 4.39 Å². The van der Waals surface area contributed by atoms with Gasteiger partial charge in [-0.2, -0.15) is 5.26 Å². The van der Waals surface area contributed by atoms with Crippen LogP contribution in [0.2, 0.25) is 0 Å². The minimum absolute atomic E-state index is 0.269. The van der Waals surface area contributed by atoms with Crippen LogP contribution in [0.15, 0.2) is 18.2 Å². The van der Waals surface area contributed by atoms with Crippen molar-refractivity contribution < 1.29 is 4.39 Å². The molecule has 2 heteroatoms. The Morgan fingerprint density at radius 3 is 2.58 bits per heavy atom. The number of benzene rings is 1. The number of rotatable bonds is 1. The molecule has 0 atom stereocenters. The molecule has 0 aliphatic heterocycles. The quantitative estimate of drug-likeness (QED) is 0.622. The van der Waals surface area contributed by atoms with E-state index >= 15 is 0 Å². The smallest absolute Gasteiger partial charge is 0.127 e. The first-order valence-electron chi connectivity index (χ1n) is 3.65. The van der Waals surface area contributed by atoms with Crippen molar-refractivity contribution in [2.75, 3.05) is 0 Å². The van der Waals surface area contributed by atoms with Crippen LogP contribution in [-0.2, 0) is 0 Å². The lowest BCUT2D eigenvalue weighted by atomic mass is 10.0. The first kappa shape index (κ1) is 8.73. The van der Waals surface area contributed by atoms with Crippen LogP contribution >= 0.6 is 0 Å². The normalized spacial score (nSPS) is 9.92. The summed E-state index contributed by atoms with van der Waals surface area (Å²) in [6.07, 6.45) is 0.